The molecule has 3 nitrogen and oxygen atoms in total. The van der Waals surface area contributed by atoms with E-state index in [9.17, 15) is 4.57 Å². The lowest BCUT2D eigenvalue weighted by Gasteiger charge is -1.64. The second-order valence-electron chi connectivity index (χ2n) is 0.731. The molecular formula is C2H6O3P+. The summed E-state index contributed by atoms with van der Waals surface area (Å²) in [6, 6.07) is 0. The predicted octanol–water partition coefficient (Wildman–Crippen LogP) is 1.24. The van der Waals surface area contributed by atoms with Crippen LogP contribution in [0.3, 0.4) is 0 Å². The highest BCUT2D eigenvalue weighted by Gasteiger charge is 2.09. The molecule has 4 heteroatoms. The smallest absolute Gasteiger partial charge is 0.204 e. The van der Waals surface area contributed by atoms with Gasteiger partial charge in [-0.25, -0.2) is 5.26 Å². The predicted molar refractivity (Wildman–Crippen MR) is 21.9 cm³/mol. The minimum Gasteiger partial charge on any atom is -0.204 e. The lowest BCUT2D eigenvalue weighted by Crippen LogP contribution is -1.67. The lowest BCUT2D eigenvalue weighted by molar-refractivity contribution is -0.129. The van der Waals surface area contributed by atoms with Gasteiger partial charge in [0.15, 0.2) is 6.16 Å². The van der Waals surface area contributed by atoms with E-state index in [1.54, 1.807) is 6.92 Å². The van der Waals surface area contributed by atoms with E-state index in [4.69, 9.17) is 5.26 Å². The van der Waals surface area contributed by atoms with Crippen molar-refractivity contribution in [3.63, 3.8) is 0 Å². The Morgan fingerprint density at radius 1 is 2.00 bits per heavy atom. The first-order valence-corrected chi connectivity index (χ1v) is 2.93. The Hall–Kier alpha value is 0.0200. The Bertz CT molecular complexity index is 46.8. The molecule has 0 aromatic rings. The van der Waals surface area contributed by atoms with Crippen LogP contribution in [-0.4, -0.2) is 11.4 Å². The summed E-state index contributed by atoms with van der Waals surface area (Å²) in [6.45, 7) is 1.66. The van der Waals surface area contributed by atoms with Gasteiger partial charge in [0.25, 0.3) is 0 Å². The molecule has 0 amide bonds. The summed E-state index contributed by atoms with van der Waals surface area (Å²) >= 11 is 0. The van der Waals surface area contributed by atoms with E-state index in [0.29, 0.717) is 6.16 Å². The molecule has 0 radical (unpaired) electrons. The van der Waals surface area contributed by atoms with Crippen molar-refractivity contribution in [2.75, 3.05) is 6.16 Å². The van der Waals surface area contributed by atoms with E-state index < -0.39 is 8.03 Å². The monoisotopic (exact) mass is 109 g/mol. The molecule has 0 bridgehead atoms. The third-order valence-corrected chi connectivity index (χ3v) is 1.05. The molecule has 36 valence electrons. The lowest BCUT2D eigenvalue weighted by atomic mass is 11.0. The molecule has 0 spiro atoms. The largest absolute Gasteiger partial charge is 0.538 e. The molecule has 0 fully saturated rings. The molecule has 6 heavy (non-hydrogen) atoms. The van der Waals surface area contributed by atoms with Crippen LogP contribution in [0.4, 0.5) is 0 Å². The van der Waals surface area contributed by atoms with E-state index in [0.717, 1.165) is 0 Å². The highest BCUT2D eigenvalue weighted by molar-refractivity contribution is 7.38. The zero-order valence-corrected chi connectivity index (χ0v) is 4.31. The Morgan fingerprint density at radius 2 is 2.50 bits per heavy atom. The van der Waals surface area contributed by atoms with Gasteiger partial charge in [-0.1, -0.05) is 0 Å². The summed E-state index contributed by atoms with van der Waals surface area (Å²) in [6.07, 6.45) is 0.367. The van der Waals surface area contributed by atoms with Crippen molar-refractivity contribution in [1.82, 2.24) is 0 Å². The van der Waals surface area contributed by atoms with Crippen molar-refractivity contribution in [2.45, 2.75) is 6.92 Å². The van der Waals surface area contributed by atoms with Crippen LogP contribution in [0.2, 0.25) is 0 Å². The van der Waals surface area contributed by atoms with E-state index in [2.05, 4.69) is 4.67 Å². The number of hydrogen-bond donors (Lipinski definition) is 1. The summed E-state index contributed by atoms with van der Waals surface area (Å²) in [5.41, 5.74) is 0. The van der Waals surface area contributed by atoms with Crippen LogP contribution in [0.15, 0.2) is 0 Å². The number of rotatable bonds is 2. The molecule has 0 saturated heterocycles. The zero-order chi connectivity index (χ0) is 4.99. The van der Waals surface area contributed by atoms with Gasteiger partial charge in [-0.2, -0.15) is 0 Å². The Morgan fingerprint density at radius 3 is 2.50 bits per heavy atom. The second kappa shape index (κ2) is 3.22. The molecular weight excluding hydrogens is 103 g/mol. The Labute approximate surface area is 36.7 Å². The van der Waals surface area contributed by atoms with Gasteiger partial charge in [0.2, 0.25) is 0 Å². The maximum Gasteiger partial charge on any atom is 0.538 e. The maximum absolute atomic E-state index is 9.86. The Balaban J connectivity index is 2.99. The minimum absolute atomic E-state index is 0.367. The summed E-state index contributed by atoms with van der Waals surface area (Å²) in [7, 11) is -1.77. The third-order valence-electron chi connectivity index (χ3n) is 0.349. The topological polar surface area (TPSA) is 46.5 Å². The SMILES string of the molecule is CC[P+](=O)OO. The van der Waals surface area contributed by atoms with Gasteiger partial charge in [-0.15, -0.1) is 0 Å². The van der Waals surface area contributed by atoms with E-state index in [1.807, 2.05) is 0 Å². The molecule has 0 aliphatic heterocycles. The normalized spacial score (nSPS) is 11.3. The van der Waals surface area contributed by atoms with Crippen LogP contribution >= 0.6 is 8.03 Å². The van der Waals surface area contributed by atoms with Gasteiger partial charge >= 0.3 is 8.03 Å². The first-order valence-electron chi connectivity index (χ1n) is 1.57. The molecule has 1 atom stereocenters. The maximum atomic E-state index is 9.86. The summed E-state index contributed by atoms with van der Waals surface area (Å²) < 4.78 is 13.3. The fourth-order valence-corrected chi connectivity index (χ4v) is 0.173. The van der Waals surface area contributed by atoms with Gasteiger partial charge in [0.1, 0.15) is 0 Å². The van der Waals surface area contributed by atoms with Crippen LogP contribution in [0.5, 0.6) is 0 Å². The first-order chi connectivity index (χ1) is 2.81. The fourth-order valence-electron chi connectivity index (χ4n) is 0.0577. The van der Waals surface area contributed by atoms with Crippen LogP contribution in [0.25, 0.3) is 0 Å². The van der Waals surface area contributed by atoms with E-state index in [1.165, 1.54) is 0 Å². The van der Waals surface area contributed by atoms with Gasteiger partial charge in [0, 0.05) is 4.67 Å². The summed E-state index contributed by atoms with van der Waals surface area (Å²) in [5.74, 6) is 0. The van der Waals surface area contributed by atoms with Crippen LogP contribution < -0.4 is 0 Å². The minimum atomic E-state index is -1.77. The molecule has 0 saturated carbocycles. The van der Waals surface area contributed by atoms with Crippen molar-refractivity contribution in [1.29, 1.82) is 0 Å². The molecule has 0 aromatic carbocycles. The molecule has 0 aromatic heterocycles. The van der Waals surface area contributed by atoms with Crippen LogP contribution in [0.1, 0.15) is 6.92 Å². The van der Waals surface area contributed by atoms with Crippen molar-refractivity contribution in [3.05, 3.63) is 0 Å². The van der Waals surface area contributed by atoms with Gasteiger partial charge < -0.3 is 0 Å². The van der Waals surface area contributed by atoms with E-state index >= 15 is 0 Å². The van der Waals surface area contributed by atoms with Crippen LogP contribution in [0, 0.1) is 0 Å². The average Bonchev–Trinajstić information content (AvgIpc) is 1.65. The van der Waals surface area contributed by atoms with Gasteiger partial charge in [0.05, 0.1) is 0 Å². The number of hydrogen-bond acceptors (Lipinski definition) is 3. The third kappa shape index (κ3) is 2.27. The van der Waals surface area contributed by atoms with Crippen molar-refractivity contribution >= 4 is 8.03 Å². The van der Waals surface area contributed by atoms with Crippen molar-refractivity contribution < 1.29 is 14.5 Å². The molecule has 1 N–H and O–H groups in total. The molecule has 1 unspecified atom stereocenters. The van der Waals surface area contributed by atoms with Gasteiger partial charge in [-0.05, 0) is 11.5 Å². The summed E-state index contributed by atoms with van der Waals surface area (Å²) in [4.78, 5) is 0. The first kappa shape index (κ1) is 6.02. The zero-order valence-electron chi connectivity index (χ0n) is 3.42. The average molecular weight is 109 g/mol. The molecule has 0 aliphatic rings. The van der Waals surface area contributed by atoms with Crippen LogP contribution in [-0.2, 0) is 9.24 Å². The molecule has 0 aliphatic carbocycles. The fraction of sp³-hybridized carbons (Fsp3) is 1.00. The van der Waals surface area contributed by atoms with Gasteiger partial charge in [-0.3, -0.25) is 0 Å². The Kier molecular flexibility index (Phi) is 3.23. The molecule has 0 rings (SSSR count). The summed E-state index contributed by atoms with van der Waals surface area (Å²) in [5, 5.41) is 7.55. The highest BCUT2D eigenvalue weighted by atomic mass is 31.1. The quantitative estimate of drug-likeness (QED) is 0.329. The second-order valence-corrected chi connectivity index (χ2v) is 2.19. The van der Waals surface area contributed by atoms with Crippen molar-refractivity contribution in [2.24, 2.45) is 0 Å². The standard InChI is InChI=1S/C2H5O3P/c1-2-6(4)5-3/h2H2,1H3/p+1. The van der Waals surface area contributed by atoms with Crippen molar-refractivity contribution in [3.8, 4) is 0 Å². The van der Waals surface area contributed by atoms with E-state index in [-0.39, 0.29) is 0 Å². The molecule has 0 heterocycles. The highest BCUT2D eigenvalue weighted by Crippen LogP contribution is 2.16.